The van der Waals surface area contributed by atoms with E-state index < -0.39 is 0 Å². The molecule has 3 rings (SSSR count). The molecule has 3 aromatic rings. The lowest BCUT2D eigenvalue weighted by atomic mass is 10.2. The van der Waals surface area contributed by atoms with E-state index in [0.717, 1.165) is 21.1 Å². The Labute approximate surface area is 106 Å². The molecule has 0 saturated heterocycles. The summed E-state index contributed by atoms with van der Waals surface area (Å²) in [6.45, 7) is 0. The lowest BCUT2D eigenvalue weighted by Gasteiger charge is -2.03. The van der Waals surface area contributed by atoms with Crippen molar-refractivity contribution in [2.45, 2.75) is 0 Å². The number of nitrogens with zero attached hydrogens (tertiary/aromatic N) is 2. The Morgan fingerprint density at radius 2 is 2.00 bits per heavy atom. The van der Waals surface area contributed by atoms with Crippen LogP contribution < -0.4 is 0 Å². The molecule has 2 nitrogen and oxygen atoms in total. The molecule has 4 heteroatoms. The van der Waals surface area contributed by atoms with Gasteiger partial charge in [-0.25, -0.2) is 9.07 Å². The van der Waals surface area contributed by atoms with E-state index in [1.807, 2.05) is 24.3 Å². The molecular weight excluding hydrogens is 283 g/mol. The molecular formula is C13H8BrFN2. The number of benzene rings is 2. The first kappa shape index (κ1) is 10.5. The van der Waals surface area contributed by atoms with Gasteiger partial charge in [0.2, 0.25) is 0 Å². The molecule has 0 fully saturated rings. The van der Waals surface area contributed by atoms with Crippen molar-refractivity contribution in [2.24, 2.45) is 0 Å². The van der Waals surface area contributed by atoms with Crippen LogP contribution in [0.15, 0.2) is 53.1 Å². The largest absolute Gasteiger partial charge is 0.233 e. The number of fused-ring (bicyclic) bond motifs is 1. The molecule has 0 unspecified atom stereocenters. The number of rotatable bonds is 1. The Morgan fingerprint density at radius 3 is 2.82 bits per heavy atom. The summed E-state index contributed by atoms with van der Waals surface area (Å²) in [5, 5.41) is 5.20. The van der Waals surface area contributed by atoms with Gasteiger partial charge in [-0.1, -0.05) is 22.0 Å². The van der Waals surface area contributed by atoms with E-state index in [9.17, 15) is 4.39 Å². The van der Waals surface area contributed by atoms with Gasteiger partial charge in [-0.2, -0.15) is 5.10 Å². The van der Waals surface area contributed by atoms with Gasteiger partial charge in [0.05, 0.1) is 17.4 Å². The van der Waals surface area contributed by atoms with Gasteiger partial charge < -0.3 is 0 Å². The van der Waals surface area contributed by atoms with Crippen LogP contribution in [-0.4, -0.2) is 9.78 Å². The monoisotopic (exact) mass is 290 g/mol. The van der Waals surface area contributed by atoms with Crippen LogP contribution in [0.4, 0.5) is 4.39 Å². The predicted molar refractivity (Wildman–Crippen MR) is 68.7 cm³/mol. The zero-order chi connectivity index (χ0) is 11.8. The van der Waals surface area contributed by atoms with Gasteiger partial charge in [-0.05, 0) is 30.3 Å². The van der Waals surface area contributed by atoms with Gasteiger partial charge in [-0.3, -0.25) is 0 Å². The number of halogens is 2. The molecule has 0 saturated carbocycles. The van der Waals surface area contributed by atoms with E-state index in [-0.39, 0.29) is 5.82 Å². The topological polar surface area (TPSA) is 17.8 Å². The average molecular weight is 291 g/mol. The molecule has 84 valence electrons. The maximum atomic E-state index is 13.2. The van der Waals surface area contributed by atoms with Crippen molar-refractivity contribution in [3.05, 3.63) is 59.0 Å². The molecule has 0 amide bonds. The van der Waals surface area contributed by atoms with Gasteiger partial charge in [0.15, 0.2) is 0 Å². The van der Waals surface area contributed by atoms with Gasteiger partial charge >= 0.3 is 0 Å². The smallest absolute Gasteiger partial charge is 0.125 e. The van der Waals surface area contributed by atoms with Crippen LogP contribution in [0.25, 0.3) is 16.6 Å². The van der Waals surface area contributed by atoms with Crippen molar-refractivity contribution >= 4 is 26.8 Å². The van der Waals surface area contributed by atoms with Crippen molar-refractivity contribution in [3.8, 4) is 5.69 Å². The number of hydrogen-bond acceptors (Lipinski definition) is 1. The Bertz CT molecular complexity index is 691. The third kappa shape index (κ3) is 1.85. The second-order valence-corrected chi connectivity index (χ2v) is 4.66. The van der Waals surface area contributed by atoms with Gasteiger partial charge in [0.25, 0.3) is 0 Å². The molecule has 2 aromatic carbocycles. The molecule has 0 aliphatic heterocycles. The Morgan fingerprint density at radius 1 is 1.12 bits per heavy atom. The summed E-state index contributed by atoms with van der Waals surface area (Å²) in [6.07, 6.45) is 1.73. The van der Waals surface area contributed by atoms with Crippen LogP contribution in [0.1, 0.15) is 0 Å². The molecule has 0 bridgehead atoms. The van der Waals surface area contributed by atoms with E-state index in [1.165, 1.54) is 12.1 Å². The van der Waals surface area contributed by atoms with Gasteiger partial charge in [0, 0.05) is 15.9 Å². The van der Waals surface area contributed by atoms with Crippen molar-refractivity contribution < 1.29 is 4.39 Å². The first-order valence-electron chi connectivity index (χ1n) is 5.13. The predicted octanol–water partition coefficient (Wildman–Crippen LogP) is 3.93. The Kier molecular flexibility index (Phi) is 2.44. The quantitative estimate of drug-likeness (QED) is 0.664. The first-order chi connectivity index (χ1) is 8.24. The second-order valence-electron chi connectivity index (χ2n) is 3.74. The molecule has 0 spiro atoms. The fourth-order valence-corrected chi connectivity index (χ4v) is 2.19. The Balaban J connectivity index is 2.27. The summed E-state index contributed by atoms with van der Waals surface area (Å²) in [6, 6.07) is 12.4. The van der Waals surface area contributed by atoms with Gasteiger partial charge in [-0.15, -0.1) is 0 Å². The van der Waals surface area contributed by atoms with Crippen molar-refractivity contribution in [1.29, 1.82) is 0 Å². The number of hydrogen-bond donors (Lipinski definition) is 0. The average Bonchev–Trinajstić information content (AvgIpc) is 2.71. The van der Waals surface area contributed by atoms with Gasteiger partial charge in [0.1, 0.15) is 5.82 Å². The normalized spacial score (nSPS) is 10.9. The van der Waals surface area contributed by atoms with E-state index in [1.54, 1.807) is 16.9 Å². The van der Waals surface area contributed by atoms with E-state index in [4.69, 9.17) is 0 Å². The van der Waals surface area contributed by atoms with Crippen LogP contribution in [0.3, 0.4) is 0 Å². The standard InChI is InChI=1S/C13H8BrFN2/c14-10-2-1-3-12(6-10)17-13-7-11(15)5-4-9(13)8-16-17/h1-8H. The highest BCUT2D eigenvalue weighted by Crippen LogP contribution is 2.21. The molecule has 1 heterocycles. The maximum Gasteiger partial charge on any atom is 0.125 e. The summed E-state index contributed by atoms with van der Waals surface area (Å²) in [5.74, 6) is -0.255. The highest BCUT2D eigenvalue weighted by atomic mass is 79.9. The van der Waals surface area contributed by atoms with E-state index in [2.05, 4.69) is 21.0 Å². The van der Waals surface area contributed by atoms with Crippen LogP contribution in [0.2, 0.25) is 0 Å². The SMILES string of the molecule is Fc1ccc2cnn(-c3cccc(Br)c3)c2c1. The van der Waals surface area contributed by atoms with E-state index in [0.29, 0.717) is 0 Å². The van der Waals surface area contributed by atoms with Crippen LogP contribution in [0.5, 0.6) is 0 Å². The molecule has 0 atom stereocenters. The summed E-state index contributed by atoms with van der Waals surface area (Å²) < 4.78 is 15.9. The first-order valence-corrected chi connectivity index (χ1v) is 5.92. The molecule has 17 heavy (non-hydrogen) atoms. The molecule has 0 aliphatic carbocycles. The van der Waals surface area contributed by atoms with E-state index >= 15 is 0 Å². The zero-order valence-electron chi connectivity index (χ0n) is 8.77. The van der Waals surface area contributed by atoms with Crippen molar-refractivity contribution in [1.82, 2.24) is 9.78 Å². The fourth-order valence-electron chi connectivity index (χ4n) is 1.81. The lowest BCUT2D eigenvalue weighted by Crippen LogP contribution is -1.95. The maximum absolute atomic E-state index is 13.2. The van der Waals surface area contributed by atoms with Crippen LogP contribution in [0, 0.1) is 5.82 Å². The van der Waals surface area contributed by atoms with Crippen LogP contribution in [-0.2, 0) is 0 Å². The van der Waals surface area contributed by atoms with Crippen LogP contribution >= 0.6 is 15.9 Å². The van der Waals surface area contributed by atoms with Crippen molar-refractivity contribution in [2.75, 3.05) is 0 Å². The summed E-state index contributed by atoms with van der Waals surface area (Å²) in [5.41, 5.74) is 1.67. The third-order valence-electron chi connectivity index (χ3n) is 2.59. The second kappa shape index (κ2) is 3.96. The fraction of sp³-hybridized carbons (Fsp3) is 0. The Hall–Kier alpha value is -1.68. The third-order valence-corrected chi connectivity index (χ3v) is 3.08. The highest BCUT2D eigenvalue weighted by molar-refractivity contribution is 9.10. The lowest BCUT2D eigenvalue weighted by molar-refractivity contribution is 0.629. The van der Waals surface area contributed by atoms with Crippen molar-refractivity contribution in [3.63, 3.8) is 0 Å². The molecule has 1 aromatic heterocycles. The minimum atomic E-state index is -0.255. The summed E-state index contributed by atoms with van der Waals surface area (Å²) in [7, 11) is 0. The number of aromatic nitrogens is 2. The minimum Gasteiger partial charge on any atom is -0.233 e. The molecule has 0 aliphatic rings. The molecule has 0 radical (unpaired) electrons. The summed E-state index contributed by atoms with van der Waals surface area (Å²) in [4.78, 5) is 0. The minimum absolute atomic E-state index is 0.255. The highest BCUT2D eigenvalue weighted by Gasteiger charge is 2.05. The summed E-state index contributed by atoms with van der Waals surface area (Å²) >= 11 is 3.41. The zero-order valence-corrected chi connectivity index (χ0v) is 10.4. The molecule has 0 N–H and O–H groups in total.